The number of carbonyl (C=O) groups is 1. The Balaban J connectivity index is 2.88. The lowest BCUT2D eigenvalue weighted by molar-refractivity contribution is 0.0691. The summed E-state index contributed by atoms with van der Waals surface area (Å²) in [6.45, 7) is 0. The standard InChI is InChI=1S/C10H9NO4/c1-15-9-4-6-5(3-8(9)12)2-7(11-6)10(13)14/h2-4,11-12H,1H3,(H,13,14)/i2D,3D. The van der Waals surface area contributed by atoms with Crippen molar-refractivity contribution in [2.75, 3.05) is 7.11 Å². The van der Waals surface area contributed by atoms with Gasteiger partial charge >= 0.3 is 5.97 Å². The summed E-state index contributed by atoms with van der Waals surface area (Å²) in [6.07, 6.45) is 0. The smallest absolute Gasteiger partial charge is 0.352 e. The predicted molar refractivity (Wildman–Crippen MR) is 53.5 cm³/mol. The summed E-state index contributed by atoms with van der Waals surface area (Å²) in [5.41, 5.74) is -0.0480. The molecule has 0 radical (unpaired) electrons. The fraction of sp³-hybridized carbons (Fsp3) is 0.100. The molecule has 0 aliphatic carbocycles. The number of phenols is 1. The van der Waals surface area contributed by atoms with Gasteiger partial charge in [-0.3, -0.25) is 0 Å². The van der Waals surface area contributed by atoms with E-state index < -0.39 is 11.7 Å². The molecule has 3 N–H and O–H groups in total. The van der Waals surface area contributed by atoms with Crippen LogP contribution >= 0.6 is 0 Å². The Hall–Kier alpha value is -2.17. The predicted octanol–water partition coefficient (Wildman–Crippen LogP) is 1.58. The Labute approximate surface area is 87.7 Å². The van der Waals surface area contributed by atoms with Gasteiger partial charge in [0.25, 0.3) is 0 Å². The fourth-order valence-electron chi connectivity index (χ4n) is 1.27. The minimum atomic E-state index is -1.29. The van der Waals surface area contributed by atoms with Crippen molar-refractivity contribution < 1.29 is 22.5 Å². The first-order valence-electron chi connectivity index (χ1n) is 5.09. The van der Waals surface area contributed by atoms with Gasteiger partial charge in [-0.1, -0.05) is 0 Å². The number of ether oxygens (including phenoxy) is 1. The maximum atomic E-state index is 10.8. The van der Waals surface area contributed by atoms with Crippen molar-refractivity contribution in [2.45, 2.75) is 0 Å². The topological polar surface area (TPSA) is 82.5 Å². The molecular weight excluding hydrogens is 198 g/mol. The van der Waals surface area contributed by atoms with Crippen molar-refractivity contribution in [3.63, 3.8) is 0 Å². The van der Waals surface area contributed by atoms with E-state index in [0.29, 0.717) is 0 Å². The number of rotatable bonds is 2. The zero-order chi connectivity index (χ0) is 12.7. The highest BCUT2D eigenvalue weighted by atomic mass is 16.5. The fourth-order valence-corrected chi connectivity index (χ4v) is 1.27. The number of aromatic nitrogens is 1. The monoisotopic (exact) mass is 209 g/mol. The number of aromatic hydroxyl groups is 1. The summed E-state index contributed by atoms with van der Waals surface area (Å²) in [7, 11) is 1.32. The van der Waals surface area contributed by atoms with E-state index in [4.69, 9.17) is 12.6 Å². The molecule has 1 heterocycles. The molecule has 0 aliphatic heterocycles. The van der Waals surface area contributed by atoms with Gasteiger partial charge in [-0.2, -0.15) is 0 Å². The number of carboxylic acids is 1. The molecule has 0 fully saturated rings. The summed E-state index contributed by atoms with van der Waals surface area (Å²) in [5.74, 6) is -1.64. The second kappa shape index (κ2) is 3.20. The number of fused-ring (bicyclic) bond motifs is 1. The molecule has 5 heteroatoms. The highest BCUT2D eigenvalue weighted by molar-refractivity contribution is 5.94. The summed E-state index contributed by atoms with van der Waals surface area (Å²) >= 11 is 0. The van der Waals surface area contributed by atoms with Gasteiger partial charge in [0.1, 0.15) is 5.69 Å². The summed E-state index contributed by atoms with van der Waals surface area (Å²) in [6, 6.07) is 0.705. The summed E-state index contributed by atoms with van der Waals surface area (Å²) < 4.78 is 20.1. The van der Waals surface area contributed by atoms with Crippen LogP contribution in [0.15, 0.2) is 18.2 Å². The molecule has 0 spiro atoms. The molecule has 0 amide bonds. The van der Waals surface area contributed by atoms with E-state index in [2.05, 4.69) is 4.98 Å². The highest BCUT2D eigenvalue weighted by Gasteiger charge is 2.10. The number of phenolic OH excluding ortho intramolecular Hbond substituents is 1. The van der Waals surface area contributed by atoms with Gasteiger partial charge in [0, 0.05) is 11.5 Å². The van der Waals surface area contributed by atoms with Gasteiger partial charge in [0.15, 0.2) is 11.5 Å². The van der Waals surface area contributed by atoms with Crippen molar-refractivity contribution in [1.82, 2.24) is 4.98 Å². The van der Waals surface area contributed by atoms with Crippen molar-refractivity contribution in [3.8, 4) is 11.5 Å². The summed E-state index contributed by atoms with van der Waals surface area (Å²) in [4.78, 5) is 13.3. The number of aromatic amines is 1. The Morgan fingerprint density at radius 1 is 1.60 bits per heavy atom. The van der Waals surface area contributed by atoms with Crippen LogP contribution in [0.2, 0.25) is 0 Å². The van der Waals surface area contributed by atoms with Gasteiger partial charge in [-0.15, -0.1) is 0 Å². The molecule has 0 saturated carbocycles. The van der Waals surface area contributed by atoms with Crippen LogP contribution in [0, 0.1) is 0 Å². The highest BCUT2D eigenvalue weighted by Crippen LogP contribution is 2.31. The first kappa shape index (κ1) is 7.17. The van der Waals surface area contributed by atoms with E-state index in [-0.39, 0.29) is 34.4 Å². The van der Waals surface area contributed by atoms with Crippen LogP contribution < -0.4 is 4.74 Å². The summed E-state index contributed by atoms with van der Waals surface area (Å²) in [5, 5.41) is 18.5. The largest absolute Gasteiger partial charge is 0.504 e. The minimum Gasteiger partial charge on any atom is -0.504 e. The van der Waals surface area contributed by atoms with E-state index in [1.54, 1.807) is 0 Å². The van der Waals surface area contributed by atoms with Gasteiger partial charge in [-0.25, -0.2) is 4.79 Å². The molecule has 0 unspecified atom stereocenters. The Bertz CT molecular complexity index is 621. The van der Waals surface area contributed by atoms with Crippen molar-refractivity contribution in [3.05, 3.63) is 23.8 Å². The van der Waals surface area contributed by atoms with Gasteiger partial charge in [-0.05, 0) is 12.1 Å². The third-order valence-electron chi connectivity index (χ3n) is 1.97. The van der Waals surface area contributed by atoms with E-state index in [1.807, 2.05) is 0 Å². The van der Waals surface area contributed by atoms with E-state index in [9.17, 15) is 9.90 Å². The quantitative estimate of drug-likeness (QED) is 0.701. The molecule has 78 valence electrons. The Kier molecular flexibility index (Phi) is 1.53. The molecule has 5 nitrogen and oxygen atoms in total. The molecule has 1 aromatic heterocycles. The lowest BCUT2D eigenvalue weighted by Crippen LogP contribution is -1.94. The first-order valence-corrected chi connectivity index (χ1v) is 4.09. The third-order valence-corrected chi connectivity index (χ3v) is 1.97. The van der Waals surface area contributed by atoms with E-state index in [1.165, 1.54) is 13.2 Å². The Morgan fingerprint density at radius 3 is 2.93 bits per heavy atom. The number of methoxy groups -OCH3 is 1. The average molecular weight is 209 g/mol. The molecular formula is C10H9NO4. The molecule has 1 aromatic carbocycles. The van der Waals surface area contributed by atoms with Crippen LogP contribution in [0.3, 0.4) is 0 Å². The zero-order valence-electron chi connectivity index (χ0n) is 9.79. The maximum absolute atomic E-state index is 10.8. The Morgan fingerprint density at radius 2 is 2.33 bits per heavy atom. The van der Waals surface area contributed by atoms with Crippen molar-refractivity contribution >= 4 is 16.9 Å². The average Bonchev–Trinajstić information content (AvgIpc) is 2.61. The lowest BCUT2D eigenvalue weighted by Gasteiger charge is -2.01. The maximum Gasteiger partial charge on any atom is 0.352 e. The molecule has 0 atom stereocenters. The van der Waals surface area contributed by atoms with Gasteiger partial charge in [0.2, 0.25) is 0 Å². The number of aromatic carboxylic acids is 1. The second-order valence-corrected chi connectivity index (χ2v) is 2.91. The van der Waals surface area contributed by atoms with Crippen molar-refractivity contribution in [1.29, 1.82) is 0 Å². The van der Waals surface area contributed by atoms with Crippen LogP contribution in [0.25, 0.3) is 10.9 Å². The SMILES string of the molecule is [2H]c1c(C(=O)O)[nH]c2cc(OC)c(O)c([2H])c12. The number of H-pyrrole nitrogens is 1. The van der Waals surface area contributed by atoms with Crippen LogP contribution in [0.5, 0.6) is 11.5 Å². The van der Waals surface area contributed by atoms with E-state index in [0.717, 1.165) is 0 Å². The molecule has 0 aliphatic rings. The van der Waals surface area contributed by atoms with Crippen molar-refractivity contribution in [2.24, 2.45) is 0 Å². The molecule has 0 bridgehead atoms. The first-order chi connectivity index (χ1) is 7.97. The van der Waals surface area contributed by atoms with Crippen LogP contribution in [-0.2, 0) is 0 Å². The number of hydrogen-bond acceptors (Lipinski definition) is 3. The number of nitrogens with one attached hydrogen (secondary N) is 1. The molecule has 0 saturated heterocycles. The number of hydrogen-bond donors (Lipinski definition) is 3. The van der Waals surface area contributed by atoms with Crippen LogP contribution in [0.4, 0.5) is 0 Å². The van der Waals surface area contributed by atoms with Crippen LogP contribution in [0.1, 0.15) is 13.2 Å². The number of carboxylic acid groups (broad SMARTS) is 1. The van der Waals surface area contributed by atoms with Gasteiger partial charge < -0.3 is 19.9 Å². The molecule has 15 heavy (non-hydrogen) atoms. The zero-order valence-corrected chi connectivity index (χ0v) is 7.79. The van der Waals surface area contributed by atoms with E-state index >= 15 is 0 Å². The normalized spacial score (nSPS) is 12.3. The second-order valence-electron chi connectivity index (χ2n) is 2.91. The number of benzene rings is 1. The van der Waals surface area contributed by atoms with Crippen LogP contribution in [-0.4, -0.2) is 28.3 Å². The lowest BCUT2D eigenvalue weighted by atomic mass is 10.2. The van der Waals surface area contributed by atoms with Gasteiger partial charge in [0.05, 0.1) is 15.4 Å². The minimum absolute atomic E-state index is 0.0562. The molecule has 2 rings (SSSR count). The molecule has 2 aromatic rings. The third kappa shape index (κ3) is 1.48.